The molecule has 6 N–H and O–H groups in total. The number of rotatable bonds is 22. The van der Waals surface area contributed by atoms with Crippen molar-refractivity contribution in [1.82, 2.24) is 55.6 Å². The topological polar surface area (TPSA) is 335 Å². The summed E-state index contributed by atoms with van der Waals surface area (Å²) in [6.07, 6.45) is 2.79. The fourth-order valence-corrected chi connectivity index (χ4v) is 11.7. The van der Waals surface area contributed by atoms with Crippen LogP contribution in [-0.4, -0.2) is 263 Å². The van der Waals surface area contributed by atoms with E-state index in [-0.39, 0.29) is 63.1 Å². The number of nitrogens with zero attached hydrogens (tertiary/aromatic N) is 7. The van der Waals surface area contributed by atoms with E-state index >= 15 is 28.8 Å². The van der Waals surface area contributed by atoms with Crippen LogP contribution in [0.3, 0.4) is 0 Å². The lowest BCUT2D eigenvalue weighted by Gasteiger charge is -2.41. The molecule has 0 aromatic carbocycles. The van der Waals surface area contributed by atoms with E-state index in [1.807, 2.05) is 41.5 Å². The van der Waals surface area contributed by atoms with Gasteiger partial charge in [-0.1, -0.05) is 95.2 Å². The fraction of sp³-hybridized carbons (Fsp3) is 0.797. The summed E-state index contributed by atoms with van der Waals surface area (Å²) in [6.45, 7) is 29.4. The molecule has 1 rings (SSSR count). The number of nitrogens with one attached hydrogen (secondary N) is 4. The van der Waals surface area contributed by atoms with Crippen molar-refractivity contribution in [2.24, 2.45) is 35.5 Å². The van der Waals surface area contributed by atoms with Crippen molar-refractivity contribution in [3.8, 4) is 0 Å². The Kier molecular flexibility index (Phi) is 36.6. The number of unbranched alkanes of at least 4 members (excludes halogenated alkanes) is 1. The van der Waals surface area contributed by atoms with Gasteiger partial charge in [-0.3, -0.25) is 57.5 Å². The van der Waals surface area contributed by atoms with Crippen molar-refractivity contribution in [2.45, 2.75) is 254 Å². The predicted octanol–water partition coefficient (Wildman–Crippen LogP) is 3.11. The molecule has 0 aromatic rings. The van der Waals surface area contributed by atoms with Crippen LogP contribution in [0.5, 0.6) is 0 Å². The van der Waals surface area contributed by atoms with Crippen molar-refractivity contribution in [3.05, 3.63) is 12.2 Å². The van der Waals surface area contributed by atoms with Crippen LogP contribution in [0.2, 0.25) is 0 Å². The molecular weight excluding hydrogens is 1240 g/mol. The first-order valence-corrected chi connectivity index (χ1v) is 34.1. The summed E-state index contributed by atoms with van der Waals surface area (Å²) in [6, 6.07) is -15.0. The first-order chi connectivity index (χ1) is 44.3. The van der Waals surface area contributed by atoms with Gasteiger partial charge in [0.2, 0.25) is 65.0 Å². The monoisotopic (exact) mass is 1360 g/mol. The second-order valence-corrected chi connectivity index (χ2v) is 28.8. The molecule has 27 heteroatoms. The molecule has 1 aliphatic heterocycles. The van der Waals surface area contributed by atoms with Gasteiger partial charge in [0.1, 0.15) is 66.5 Å². The van der Waals surface area contributed by atoms with Crippen LogP contribution in [0.4, 0.5) is 0 Å². The van der Waals surface area contributed by atoms with Gasteiger partial charge in [-0.05, 0) is 115 Å². The van der Waals surface area contributed by atoms with Gasteiger partial charge in [0.25, 0.3) is 0 Å². The molecule has 1 saturated heterocycles. The Labute approximate surface area is 572 Å². The van der Waals surface area contributed by atoms with Gasteiger partial charge in [0.05, 0.1) is 24.9 Å². The maximum Gasteiger partial charge on any atom is 0.302 e. The minimum Gasteiger partial charge on any atom is -0.466 e. The molecule has 0 saturated carbocycles. The predicted molar refractivity (Wildman–Crippen MR) is 366 cm³/mol. The Bertz CT molecular complexity index is 2650. The van der Waals surface area contributed by atoms with E-state index in [0.717, 1.165) is 14.7 Å². The van der Waals surface area contributed by atoms with Gasteiger partial charge in [-0.15, -0.1) is 0 Å². The molecule has 13 atom stereocenters. The largest absolute Gasteiger partial charge is 0.466 e. The first-order valence-electron chi connectivity index (χ1n) is 34.1. The molecule has 1 fully saturated rings. The lowest BCUT2D eigenvalue weighted by atomic mass is 9.91. The number of allylic oxidation sites excluding steroid dienone is 2. The molecular formula is C69H123N11O16. The third-order valence-corrected chi connectivity index (χ3v) is 17.6. The van der Waals surface area contributed by atoms with E-state index in [2.05, 4.69) is 21.3 Å². The van der Waals surface area contributed by atoms with E-state index in [1.165, 1.54) is 104 Å². The maximum atomic E-state index is 15.4. The highest BCUT2D eigenvalue weighted by Gasteiger charge is 2.47. The number of esters is 1. The summed E-state index contributed by atoms with van der Waals surface area (Å²) < 4.78 is 11.1. The molecule has 0 aromatic heterocycles. The number of hydrogen-bond acceptors (Lipinski definition) is 16. The summed E-state index contributed by atoms with van der Waals surface area (Å²) in [5, 5.41) is 34.6. The quantitative estimate of drug-likeness (QED) is 0.0515. The van der Waals surface area contributed by atoms with Gasteiger partial charge in [-0.2, -0.15) is 0 Å². The molecule has 550 valence electrons. The molecule has 27 nitrogen and oxygen atoms in total. The van der Waals surface area contributed by atoms with Crippen molar-refractivity contribution in [3.63, 3.8) is 0 Å². The zero-order valence-corrected chi connectivity index (χ0v) is 62.6. The number of aliphatic hydroxyl groups is 2. The zero-order valence-electron chi connectivity index (χ0n) is 62.6. The molecule has 1 aliphatic rings. The van der Waals surface area contributed by atoms with Crippen LogP contribution in [0.25, 0.3) is 0 Å². The average molecular weight is 1360 g/mol. The van der Waals surface area contributed by atoms with Gasteiger partial charge in [0.15, 0.2) is 0 Å². The normalized spacial score (nSPS) is 26.0. The number of likely N-dealkylation sites (N-methyl/N-ethyl adjacent to an activating group) is 7. The molecule has 1 heterocycles. The summed E-state index contributed by atoms with van der Waals surface area (Å²) in [4.78, 5) is 183. The average Bonchev–Trinajstić information content (AvgIpc) is 0.810. The third-order valence-electron chi connectivity index (χ3n) is 17.6. The molecule has 0 unspecified atom stereocenters. The number of amides is 11. The van der Waals surface area contributed by atoms with Crippen LogP contribution >= 0.6 is 0 Å². The number of hydrogen-bond donors (Lipinski definition) is 6. The Morgan fingerprint density at radius 2 is 0.958 bits per heavy atom. The molecule has 96 heavy (non-hydrogen) atoms. The fourth-order valence-electron chi connectivity index (χ4n) is 11.7. The molecule has 0 spiro atoms. The van der Waals surface area contributed by atoms with Crippen LogP contribution < -0.4 is 21.3 Å². The van der Waals surface area contributed by atoms with Crippen LogP contribution in [0, 0.1) is 35.5 Å². The second-order valence-electron chi connectivity index (χ2n) is 28.8. The SMILES string of the molecule is C/C=C/C[C@@H](C)[C@@H](O)[C@H]1C(=O)N[C@@H](CC)C(=O)N(C)[C@H](COCCCCOC(C)=O)C(=O)N(C)[C@@H](CC(C)(C)O)C(=O)N[C@@H](C(C)C)C(=O)N(C)[C@@H](CC(C)C)C(=O)N[C@@H](C)C(=O)N[C@H](C)C(=O)N(C)[C@@H](CC(C)C)C(=O)N(C)[C@@H](CC(C)C)C(=O)N(C)[C@@H](C(C)C)C(=O)N1C. The lowest BCUT2D eigenvalue weighted by Crippen LogP contribution is -2.64. The Morgan fingerprint density at radius 1 is 0.521 bits per heavy atom. The van der Waals surface area contributed by atoms with E-state index in [0.29, 0.717) is 12.8 Å². The van der Waals surface area contributed by atoms with Crippen LogP contribution in [0.15, 0.2) is 12.2 Å². The molecule has 0 bridgehead atoms. The highest BCUT2D eigenvalue weighted by Crippen LogP contribution is 2.26. The zero-order chi connectivity index (χ0) is 74.3. The van der Waals surface area contributed by atoms with Gasteiger partial charge < -0.3 is 75.3 Å². The molecule has 0 aliphatic carbocycles. The Hall–Kier alpha value is -6.74. The summed E-state index contributed by atoms with van der Waals surface area (Å²) in [5.74, 6) is -11.5. The minimum atomic E-state index is -1.71. The van der Waals surface area contributed by atoms with E-state index in [4.69, 9.17) is 9.47 Å². The van der Waals surface area contributed by atoms with Gasteiger partial charge >= 0.3 is 5.97 Å². The van der Waals surface area contributed by atoms with Crippen LogP contribution in [0.1, 0.15) is 176 Å². The molecule has 11 amide bonds. The standard InChI is InChI=1S/C69H123N11O16/c1-26-28-31-44(13)57(82)56-61(86)72-48(27-2)63(88)78(23)53(38-95-32-29-30-33-96-47(16)81)66(91)77(22)52(37-69(17,18)94)60(85)73-54(42(9)10)67(92)74(19)49(34-39(3)4)59(84)70-45(14)58(83)71-46(15)62(87)75(20)50(35-40(5)6)64(89)76(21)51(36-41(7)8)65(90)79(24)55(43(11)12)68(93)80(56)25/h26,28,39-46,48-57,82,94H,27,29-38H2,1-25H3,(H,70,84)(H,71,83)(H,72,86)(H,73,85)/b28-26+/t44-,45+,46-,48+,49+,50+,51+,52+,53-,54+,55+,56+,57-/m1/s1. The first kappa shape index (κ1) is 87.3. The van der Waals surface area contributed by atoms with Crippen molar-refractivity contribution in [2.75, 3.05) is 69.2 Å². The number of ether oxygens (including phenoxy) is 2. The Morgan fingerprint density at radius 3 is 1.44 bits per heavy atom. The third kappa shape index (κ3) is 25.9. The molecule has 0 radical (unpaired) electrons. The number of carbonyl (C=O) groups is 12. The van der Waals surface area contributed by atoms with E-state index in [9.17, 15) is 39.0 Å². The highest BCUT2D eigenvalue weighted by molar-refractivity contribution is 6.00. The lowest BCUT2D eigenvalue weighted by molar-refractivity contribution is -0.157. The van der Waals surface area contributed by atoms with Crippen LogP contribution in [-0.2, 0) is 67.0 Å². The van der Waals surface area contributed by atoms with E-state index in [1.54, 1.807) is 60.6 Å². The minimum absolute atomic E-state index is 0.0131. The summed E-state index contributed by atoms with van der Waals surface area (Å²) in [5.41, 5.74) is -1.64. The summed E-state index contributed by atoms with van der Waals surface area (Å²) in [7, 11) is 9.58. The van der Waals surface area contributed by atoms with Gasteiger partial charge in [-0.25, -0.2) is 0 Å². The van der Waals surface area contributed by atoms with E-state index < -0.39 is 180 Å². The second kappa shape index (κ2) is 40.2. The number of aliphatic hydroxyl groups excluding tert-OH is 1. The number of carbonyl (C=O) groups excluding carboxylic acids is 12. The Balaban J connectivity index is 4.57. The van der Waals surface area contributed by atoms with Gasteiger partial charge in [0, 0.05) is 69.3 Å². The summed E-state index contributed by atoms with van der Waals surface area (Å²) >= 11 is 0. The van der Waals surface area contributed by atoms with Crippen molar-refractivity contribution < 1.29 is 77.2 Å². The smallest absolute Gasteiger partial charge is 0.302 e. The highest BCUT2D eigenvalue weighted by atomic mass is 16.5. The maximum absolute atomic E-state index is 15.4. The van der Waals surface area contributed by atoms with Crippen molar-refractivity contribution >= 4 is 70.9 Å². The van der Waals surface area contributed by atoms with Crippen molar-refractivity contribution in [1.29, 1.82) is 0 Å².